The fourth-order valence-electron chi connectivity index (χ4n) is 2.56. The van der Waals surface area contributed by atoms with Crippen molar-refractivity contribution in [3.05, 3.63) is 47.5 Å². The number of hydrogen-bond acceptors (Lipinski definition) is 5. The summed E-state index contributed by atoms with van der Waals surface area (Å²) in [7, 11) is -3.60. The number of sulfonamides is 1. The van der Waals surface area contributed by atoms with E-state index in [-0.39, 0.29) is 16.5 Å². The molecule has 1 atom stereocenters. The monoisotopic (exact) mass is 383 g/mol. The van der Waals surface area contributed by atoms with Crippen molar-refractivity contribution in [3.63, 3.8) is 0 Å². The van der Waals surface area contributed by atoms with Gasteiger partial charge in [-0.25, -0.2) is 18.4 Å². The lowest BCUT2D eigenvalue weighted by Gasteiger charge is -2.30. The fraction of sp³-hybridized carbons (Fsp3) is 0.412. The Labute approximate surface area is 153 Å². The molecule has 1 unspecified atom stereocenters. The van der Waals surface area contributed by atoms with Gasteiger partial charge in [0.25, 0.3) is 0 Å². The number of benzene rings is 1. The topological polar surface area (TPSA) is 83.4 Å². The van der Waals surface area contributed by atoms with E-state index in [2.05, 4.69) is 9.97 Å². The summed E-state index contributed by atoms with van der Waals surface area (Å²) >= 11 is 5.86. The van der Waals surface area contributed by atoms with Gasteiger partial charge in [-0.3, -0.25) is 4.31 Å². The van der Waals surface area contributed by atoms with Crippen LogP contribution in [0.1, 0.15) is 44.7 Å². The normalized spacial score (nSPS) is 12.8. The van der Waals surface area contributed by atoms with Gasteiger partial charge in [-0.15, -0.1) is 0 Å². The zero-order valence-electron chi connectivity index (χ0n) is 14.3. The van der Waals surface area contributed by atoms with Crippen LogP contribution >= 0.6 is 11.6 Å². The molecule has 8 heteroatoms. The van der Waals surface area contributed by atoms with Crippen LogP contribution in [0.4, 0.5) is 5.69 Å². The molecule has 0 saturated heterocycles. The van der Waals surface area contributed by atoms with Crippen molar-refractivity contribution in [3.8, 4) is 5.75 Å². The predicted molar refractivity (Wildman–Crippen MR) is 99.4 cm³/mol. The van der Waals surface area contributed by atoms with Gasteiger partial charge in [0, 0.05) is 24.0 Å². The number of rotatable bonds is 8. The van der Waals surface area contributed by atoms with Gasteiger partial charge in [0.05, 0.1) is 22.5 Å². The average molecular weight is 384 g/mol. The fourth-order valence-corrected chi connectivity index (χ4v) is 4.48. The Morgan fingerprint density at radius 1 is 1.24 bits per heavy atom. The highest BCUT2D eigenvalue weighted by Gasteiger charge is 2.29. The number of anilines is 1. The van der Waals surface area contributed by atoms with Gasteiger partial charge in [0.15, 0.2) is 0 Å². The van der Waals surface area contributed by atoms with Crippen LogP contribution in [0.15, 0.2) is 36.9 Å². The van der Waals surface area contributed by atoms with E-state index in [1.165, 1.54) is 22.8 Å². The first-order valence-electron chi connectivity index (χ1n) is 8.12. The summed E-state index contributed by atoms with van der Waals surface area (Å²) in [6.45, 7) is 3.78. The molecule has 0 aliphatic heterocycles. The SMILES string of the molecule is CCCCCS(=O)(=O)N(c1ccc(Cl)c(O)c1)C(C)c1cncnc1. The molecule has 0 saturated carbocycles. The molecule has 2 aromatic rings. The minimum Gasteiger partial charge on any atom is -0.506 e. The van der Waals surface area contributed by atoms with Crippen molar-refractivity contribution in [2.75, 3.05) is 10.1 Å². The second-order valence-corrected chi connectivity index (χ2v) is 8.18. The summed E-state index contributed by atoms with van der Waals surface area (Å²) < 4.78 is 27.3. The first-order valence-corrected chi connectivity index (χ1v) is 10.1. The van der Waals surface area contributed by atoms with Gasteiger partial charge in [0.2, 0.25) is 10.0 Å². The van der Waals surface area contributed by atoms with Crippen molar-refractivity contribution < 1.29 is 13.5 Å². The molecule has 2 rings (SSSR count). The standard InChI is InChI=1S/C17H22ClN3O3S/c1-3-4-5-8-25(23,24)21(13(2)14-10-19-12-20-11-14)15-6-7-16(18)17(22)9-15/h6-7,9-13,22H,3-5,8H2,1-2H3. The molecule has 25 heavy (non-hydrogen) atoms. The third-order valence-corrected chi connectivity index (χ3v) is 6.16. The highest BCUT2D eigenvalue weighted by Crippen LogP contribution is 2.35. The number of aromatic nitrogens is 2. The van der Waals surface area contributed by atoms with Gasteiger partial charge in [-0.2, -0.15) is 0 Å². The Kier molecular flexibility index (Phi) is 6.61. The van der Waals surface area contributed by atoms with Crippen LogP contribution in [-0.4, -0.2) is 29.2 Å². The van der Waals surface area contributed by atoms with Crippen molar-refractivity contribution in [2.45, 2.75) is 39.2 Å². The van der Waals surface area contributed by atoms with E-state index < -0.39 is 16.1 Å². The molecule has 0 aliphatic rings. The van der Waals surface area contributed by atoms with E-state index in [1.807, 2.05) is 6.92 Å². The maximum Gasteiger partial charge on any atom is 0.235 e. The number of aromatic hydroxyl groups is 1. The smallest absolute Gasteiger partial charge is 0.235 e. The van der Waals surface area contributed by atoms with Crippen molar-refractivity contribution in [1.29, 1.82) is 0 Å². The Hall–Kier alpha value is -1.86. The molecular weight excluding hydrogens is 362 g/mol. The zero-order chi connectivity index (χ0) is 18.4. The van der Waals surface area contributed by atoms with E-state index in [1.54, 1.807) is 25.4 Å². The molecule has 6 nitrogen and oxygen atoms in total. The van der Waals surface area contributed by atoms with Gasteiger partial charge in [-0.05, 0) is 25.5 Å². The van der Waals surface area contributed by atoms with Crippen LogP contribution in [-0.2, 0) is 10.0 Å². The molecule has 1 aromatic heterocycles. The number of hydrogen-bond donors (Lipinski definition) is 1. The lowest BCUT2D eigenvalue weighted by atomic mass is 10.1. The summed E-state index contributed by atoms with van der Waals surface area (Å²) in [6, 6.07) is 3.91. The molecule has 136 valence electrons. The molecule has 0 bridgehead atoms. The average Bonchev–Trinajstić information content (AvgIpc) is 2.59. The molecule has 1 heterocycles. The zero-order valence-corrected chi connectivity index (χ0v) is 15.8. The number of halogens is 1. The molecule has 0 amide bonds. The second-order valence-electron chi connectivity index (χ2n) is 5.80. The quantitative estimate of drug-likeness (QED) is 0.698. The summed E-state index contributed by atoms with van der Waals surface area (Å²) in [5.41, 5.74) is 1.02. The first kappa shape index (κ1) is 19.5. The number of nitrogens with zero attached hydrogens (tertiary/aromatic N) is 3. The molecule has 0 spiro atoms. The van der Waals surface area contributed by atoms with Gasteiger partial charge in [-0.1, -0.05) is 31.4 Å². The molecule has 1 aromatic carbocycles. The third-order valence-electron chi connectivity index (χ3n) is 3.90. The number of unbranched alkanes of at least 4 members (excludes halogenated alkanes) is 2. The van der Waals surface area contributed by atoms with Gasteiger partial charge in [0.1, 0.15) is 12.1 Å². The maximum absolute atomic E-state index is 13.0. The highest BCUT2D eigenvalue weighted by atomic mass is 35.5. The minimum atomic E-state index is -3.60. The van der Waals surface area contributed by atoms with Crippen molar-refractivity contribution >= 4 is 27.3 Å². The largest absolute Gasteiger partial charge is 0.506 e. The van der Waals surface area contributed by atoms with Crippen molar-refractivity contribution in [1.82, 2.24) is 9.97 Å². The third kappa shape index (κ3) is 4.83. The highest BCUT2D eigenvalue weighted by molar-refractivity contribution is 7.92. The summed E-state index contributed by atoms with van der Waals surface area (Å²) in [4.78, 5) is 7.94. The molecular formula is C17H22ClN3O3S. The first-order chi connectivity index (χ1) is 11.9. The lowest BCUT2D eigenvalue weighted by Crippen LogP contribution is -2.35. The van der Waals surface area contributed by atoms with Crippen LogP contribution < -0.4 is 4.31 Å². The second kappa shape index (κ2) is 8.49. The predicted octanol–water partition coefficient (Wildman–Crippen LogP) is 3.92. The Morgan fingerprint density at radius 3 is 2.52 bits per heavy atom. The van der Waals surface area contributed by atoms with E-state index >= 15 is 0 Å². The van der Waals surface area contributed by atoms with Crippen LogP contribution in [0.3, 0.4) is 0 Å². The Bertz CT molecular complexity index is 800. The molecule has 0 fully saturated rings. The van der Waals surface area contributed by atoms with Crippen LogP contribution in [0.2, 0.25) is 5.02 Å². The summed E-state index contributed by atoms with van der Waals surface area (Å²) in [5.74, 6) is -0.133. The Morgan fingerprint density at radius 2 is 1.92 bits per heavy atom. The minimum absolute atomic E-state index is 0.0300. The van der Waals surface area contributed by atoms with E-state index in [4.69, 9.17) is 11.6 Å². The van der Waals surface area contributed by atoms with E-state index in [9.17, 15) is 13.5 Å². The van der Waals surface area contributed by atoms with E-state index in [0.29, 0.717) is 17.7 Å². The van der Waals surface area contributed by atoms with Crippen LogP contribution in [0.25, 0.3) is 0 Å². The molecule has 0 radical (unpaired) electrons. The van der Waals surface area contributed by atoms with E-state index in [0.717, 1.165) is 12.8 Å². The molecule has 0 aliphatic carbocycles. The van der Waals surface area contributed by atoms with Crippen LogP contribution in [0.5, 0.6) is 5.75 Å². The number of phenols is 1. The lowest BCUT2D eigenvalue weighted by molar-refractivity contribution is 0.475. The molecule has 1 N–H and O–H groups in total. The van der Waals surface area contributed by atoms with Crippen LogP contribution in [0, 0.1) is 0 Å². The summed E-state index contributed by atoms with van der Waals surface area (Å²) in [5, 5.41) is 10.1. The number of phenolic OH excluding ortho intramolecular Hbond substituents is 1. The van der Waals surface area contributed by atoms with Crippen molar-refractivity contribution in [2.24, 2.45) is 0 Å². The maximum atomic E-state index is 13.0. The van der Waals surface area contributed by atoms with Gasteiger partial charge < -0.3 is 5.11 Å². The van der Waals surface area contributed by atoms with Gasteiger partial charge >= 0.3 is 0 Å². The Balaban J connectivity index is 2.45. The summed E-state index contributed by atoms with van der Waals surface area (Å²) in [6.07, 6.45) is 6.91.